The maximum Gasteiger partial charge on any atom is 0.242 e. The Hall–Kier alpha value is -1.49. The largest absolute Gasteiger partial charge is 0.349 e. The molecule has 4 nitrogen and oxygen atoms in total. The van der Waals surface area contributed by atoms with Gasteiger partial charge in [0.15, 0.2) is 0 Å². The lowest BCUT2D eigenvalue weighted by atomic mass is 9.88. The van der Waals surface area contributed by atoms with E-state index >= 15 is 0 Å². The Kier molecular flexibility index (Phi) is 6.11. The van der Waals surface area contributed by atoms with Crippen molar-refractivity contribution in [1.29, 1.82) is 0 Å². The monoisotopic (exact) mass is 376 g/mol. The minimum absolute atomic E-state index is 0.0292. The van der Waals surface area contributed by atoms with E-state index in [1.807, 2.05) is 12.1 Å². The van der Waals surface area contributed by atoms with Crippen LogP contribution >= 0.6 is 12.6 Å². The summed E-state index contributed by atoms with van der Waals surface area (Å²) in [5.41, 5.74) is 2.36. The van der Waals surface area contributed by atoms with E-state index in [1.165, 1.54) is 5.56 Å². The normalized spacial score (nSPS) is 23.0. The van der Waals surface area contributed by atoms with Gasteiger partial charge in [-0.15, -0.1) is 0 Å². The minimum Gasteiger partial charge on any atom is -0.349 e. The smallest absolute Gasteiger partial charge is 0.242 e. The van der Waals surface area contributed by atoms with Crippen molar-refractivity contribution in [1.82, 2.24) is 4.90 Å². The second kappa shape index (κ2) is 7.63. The highest BCUT2D eigenvalue weighted by Crippen LogP contribution is 2.42. The number of carbonyl (C=O) groups excluding carboxylic acids is 2. The first-order valence-electron chi connectivity index (χ1n) is 9.24. The standard InChI is InChI=1S/C21H32N2O2S/c1-20(2,3)13-15-7-9-17(10-8-15)23(6)19(25)21(26)12-11-16(14-21)18(24)22(4)5/h7-10,16,26H,11-14H2,1-6H3/t16-,21?/m0/s1. The Morgan fingerprint density at radius 1 is 1.15 bits per heavy atom. The summed E-state index contributed by atoms with van der Waals surface area (Å²) in [6, 6.07) is 8.16. The van der Waals surface area contributed by atoms with Gasteiger partial charge in [0.1, 0.15) is 0 Å². The summed E-state index contributed by atoms with van der Waals surface area (Å²) in [6.45, 7) is 6.65. The summed E-state index contributed by atoms with van der Waals surface area (Å²) < 4.78 is -0.769. The highest BCUT2D eigenvalue weighted by Gasteiger charge is 2.46. The van der Waals surface area contributed by atoms with Crippen molar-refractivity contribution in [2.24, 2.45) is 11.3 Å². The van der Waals surface area contributed by atoms with Crippen LogP contribution in [0.25, 0.3) is 0 Å². The van der Waals surface area contributed by atoms with Gasteiger partial charge < -0.3 is 9.80 Å². The van der Waals surface area contributed by atoms with Crippen LogP contribution in [0, 0.1) is 11.3 Å². The van der Waals surface area contributed by atoms with E-state index in [0.29, 0.717) is 19.3 Å². The van der Waals surface area contributed by atoms with Crippen LogP contribution in [0.15, 0.2) is 24.3 Å². The SMILES string of the molecule is CN(C)C(=O)[C@H]1CCC(S)(C(=O)N(C)c2ccc(CC(C)(C)C)cc2)C1. The summed E-state index contributed by atoms with van der Waals surface area (Å²) in [5.74, 6) is -0.0598. The van der Waals surface area contributed by atoms with Gasteiger partial charge in [-0.3, -0.25) is 9.59 Å². The number of thiol groups is 1. The molecule has 1 aromatic rings. The quantitative estimate of drug-likeness (QED) is 0.812. The molecule has 5 heteroatoms. The van der Waals surface area contributed by atoms with Crippen molar-refractivity contribution in [2.75, 3.05) is 26.0 Å². The Bertz CT molecular complexity index is 664. The van der Waals surface area contributed by atoms with Gasteiger partial charge in [-0.25, -0.2) is 0 Å². The van der Waals surface area contributed by atoms with E-state index in [9.17, 15) is 9.59 Å². The number of hydrogen-bond acceptors (Lipinski definition) is 3. The average Bonchev–Trinajstić information content (AvgIpc) is 2.95. The maximum absolute atomic E-state index is 13.0. The molecule has 2 amide bonds. The molecule has 0 spiro atoms. The van der Waals surface area contributed by atoms with Crippen LogP contribution in [0.3, 0.4) is 0 Å². The highest BCUT2D eigenvalue weighted by molar-refractivity contribution is 7.82. The van der Waals surface area contributed by atoms with Crippen LogP contribution < -0.4 is 4.90 Å². The van der Waals surface area contributed by atoms with Gasteiger partial charge >= 0.3 is 0 Å². The predicted octanol–water partition coefficient (Wildman–Crippen LogP) is 3.79. The highest BCUT2D eigenvalue weighted by atomic mass is 32.1. The fraction of sp³-hybridized carbons (Fsp3) is 0.619. The minimum atomic E-state index is -0.769. The van der Waals surface area contributed by atoms with E-state index in [0.717, 1.165) is 12.1 Å². The average molecular weight is 377 g/mol. The van der Waals surface area contributed by atoms with Gasteiger partial charge in [0.05, 0.1) is 4.75 Å². The Morgan fingerprint density at radius 3 is 2.23 bits per heavy atom. The second-order valence-corrected chi connectivity index (χ2v) is 9.83. The first-order valence-corrected chi connectivity index (χ1v) is 9.68. The van der Waals surface area contributed by atoms with Crippen LogP contribution in [-0.4, -0.2) is 42.6 Å². The van der Waals surface area contributed by atoms with Gasteiger partial charge in [-0.2, -0.15) is 12.6 Å². The van der Waals surface area contributed by atoms with Crippen molar-refractivity contribution in [3.8, 4) is 0 Å². The number of nitrogens with zero attached hydrogens (tertiary/aromatic N) is 2. The molecule has 0 saturated heterocycles. The van der Waals surface area contributed by atoms with Crippen molar-refractivity contribution in [2.45, 2.75) is 51.2 Å². The summed E-state index contributed by atoms with van der Waals surface area (Å²) in [6.07, 6.45) is 2.84. The van der Waals surface area contributed by atoms with Crippen molar-refractivity contribution >= 4 is 30.1 Å². The molecule has 0 aromatic heterocycles. The Morgan fingerprint density at radius 2 is 1.73 bits per heavy atom. The van der Waals surface area contributed by atoms with Crippen molar-refractivity contribution in [3.63, 3.8) is 0 Å². The van der Waals surface area contributed by atoms with Gasteiger partial charge in [0.25, 0.3) is 0 Å². The summed E-state index contributed by atoms with van der Waals surface area (Å²) in [7, 11) is 5.31. The zero-order chi connectivity index (χ0) is 19.7. The first kappa shape index (κ1) is 20.8. The van der Waals surface area contributed by atoms with Crippen molar-refractivity contribution < 1.29 is 9.59 Å². The molecule has 0 N–H and O–H groups in total. The third kappa shape index (κ3) is 4.81. The summed E-state index contributed by atoms with van der Waals surface area (Å²) in [5, 5.41) is 0. The molecular formula is C21H32N2O2S. The molecule has 2 rings (SSSR count). The van der Waals surface area contributed by atoms with E-state index in [4.69, 9.17) is 12.6 Å². The second-order valence-electron chi connectivity index (χ2n) is 8.97. The van der Waals surface area contributed by atoms with Crippen LogP contribution in [0.1, 0.15) is 45.6 Å². The zero-order valence-corrected chi connectivity index (χ0v) is 17.8. The number of carbonyl (C=O) groups is 2. The molecule has 144 valence electrons. The van der Waals surface area contributed by atoms with Crippen LogP contribution in [0.5, 0.6) is 0 Å². The molecule has 0 bridgehead atoms. The fourth-order valence-electron chi connectivity index (χ4n) is 3.67. The molecule has 1 saturated carbocycles. The molecule has 1 unspecified atom stereocenters. The molecule has 1 aliphatic rings. The van der Waals surface area contributed by atoms with Crippen LogP contribution in [-0.2, 0) is 16.0 Å². The number of rotatable bonds is 4. The third-order valence-electron chi connectivity index (χ3n) is 5.04. The lowest BCUT2D eigenvalue weighted by Crippen LogP contribution is -2.43. The molecule has 2 atom stereocenters. The lowest BCUT2D eigenvalue weighted by molar-refractivity contribution is -0.132. The number of amides is 2. The topological polar surface area (TPSA) is 40.6 Å². The Labute approximate surface area is 163 Å². The van der Waals surface area contributed by atoms with E-state index in [-0.39, 0.29) is 23.1 Å². The molecule has 1 aromatic carbocycles. The molecule has 26 heavy (non-hydrogen) atoms. The van der Waals surface area contributed by atoms with Crippen LogP contribution in [0.4, 0.5) is 5.69 Å². The molecule has 1 fully saturated rings. The predicted molar refractivity (Wildman–Crippen MR) is 111 cm³/mol. The lowest BCUT2D eigenvalue weighted by Gasteiger charge is -2.29. The third-order valence-corrected chi connectivity index (χ3v) is 5.64. The number of anilines is 1. The van der Waals surface area contributed by atoms with Crippen LogP contribution in [0.2, 0.25) is 0 Å². The van der Waals surface area contributed by atoms with Gasteiger partial charge in [0.2, 0.25) is 11.8 Å². The molecule has 0 aliphatic heterocycles. The summed E-state index contributed by atoms with van der Waals surface area (Å²) in [4.78, 5) is 28.5. The van der Waals surface area contributed by atoms with Crippen molar-refractivity contribution in [3.05, 3.63) is 29.8 Å². The first-order chi connectivity index (χ1) is 11.9. The molecular weight excluding hydrogens is 344 g/mol. The fourth-order valence-corrected chi connectivity index (χ4v) is 4.17. The van der Waals surface area contributed by atoms with E-state index in [2.05, 4.69) is 32.9 Å². The maximum atomic E-state index is 13.0. The van der Waals surface area contributed by atoms with E-state index in [1.54, 1.807) is 30.9 Å². The Balaban J connectivity index is 2.08. The molecule has 0 heterocycles. The van der Waals surface area contributed by atoms with E-state index < -0.39 is 4.75 Å². The zero-order valence-electron chi connectivity index (χ0n) is 16.9. The van der Waals surface area contributed by atoms with Gasteiger partial charge in [-0.1, -0.05) is 32.9 Å². The summed E-state index contributed by atoms with van der Waals surface area (Å²) >= 11 is 4.70. The molecule has 0 radical (unpaired) electrons. The number of hydrogen-bond donors (Lipinski definition) is 1. The molecule has 1 aliphatic carbocycles. The van der Waals surface area contributed by atoms with Gasteiger partial charge in [-0.05, 0) is 48.8 Å². The number of benzene rings is 1. The van der Waals surface area contributed by atoms with Gasteiger partial charge in [0, 0.05) is 32.7 Å².